The number of rotatable bonds is 33. The number of aliphatic hydroxyl groups is 1. The number of phosphoric acid groups is 1. The topological polar surface area (TPSA) is 105 Å². The molecule has 0 bridgehead atoms. The standard InChI is InChI=1S/C36H73N2O6P/c1-6-8-10-12-14-16-18-19-20-21-23-25-27-29-35(39)34(33-44-45(41,42)43-32-31-38(3,4)5)37-36(40)30-28-26-24-22-17-15-13-11-9-7-2/h27,29,34-35,39H,6-26,28,30-33H2,1-5H3,(H-,37,40,41,42)/p+1/b29-27+/t34-,35+/m0/s1. The molecule has 0 aliphatic carbocycles. The van der Waals surface area contributed by atoms with Crippen molar-refractivity contribution in [3.8, 4) is 0 Å². The number of aliphatic hydroxyl groups excluding tert-OH is 1. The van der Waals surface area contributed by atoms with Gasteiger partial charge in [0.1, 0.15) is 13.2 Å². The van der Waals surface area contributed by atoms with Gasteiger partial charge in [-0.25, -0.2) is 4.57 Å². The van der Waals surface area contributed by atoms with Gasteiger partial charge in [0.25, 0.3) is 0 Å². The van der Waals surface area contributed by atoms with Crippen LogP contribution < -0.4 is 5.32 Å². The largest absolute Gasteiger partial charge is 0.472 e. The van der Waals surface area contributed by atoms with E-state index in [1.165, 1.54) is 103 Å². The summed E-state index contributed by atoms with van der Waals surface area (Å²) in [4.78, 5) is 22.9. The number of nitrogens with zero attached hydrogens (tertiary/aromatic N) is 1. The van der Waals surface area contributed by atoms with E-state index in [0.717, 1.165) is 38.5 Å². The first-order valence-electron chi connectivity index (χ1n) is 18.6. The van der Waals surface area contributed by atoms with E-state index in [4.69, 9.17) is 9.05 Å². The zero-order chi connectivity index (χ0) is 33.7. The highest BCUT2D eigenvalue weighted by atomic mass is 31.2. The zero-order valence-corrected chi connectivity index (χ0v) is 31.0. The predicted molar refractivity (Wildman–Crippen MR) is 189 cm³/mol. The molecule has 0 rings (SSSR count). The van der Waals surface area contributed by atoms with Crippen molar-refractivity contribution in [3.05, 3.63) is 12.2 Å². The molecule has 9 heteroatoms. The number of allylic oxidation sites excluding steroid dienone is 1. The molecule has 0 aliphatic rings. The van der Waals surface area contributed by atoms with E-state index in [9.17, 15) is 19.4 Å². The van der Waals surface area contributed by atoms with Gasteiger partial charge in [-0.05, 0) is 19.3 Å². The van der Waals surface area contributed by atoms with E-state index in [0.29, 0.717) is 17.4 Å². The summed E-state index contributed by atoms with van der Waals surface area (Å²) in [5.41, 5.74) is 0. The highest BCUT2D eigenvalue weighted by Crippen LogP contribution is 2.43. The van der Waals surface area contributed by atoms with Crippen LogP contribution in [0.15, 0.2) is 12.2 Å². The smallest absolute Gasteiger partial charge is 0.387 e. The molecule has 3 N–H and O–H groups in total. The molecule has 0 aromatic rings. The highest BCUT2D eigenvalue weighted by Gasteiger charge is 2.27. The van der Waals surface area contributed by atoms with Crippen molar-refractivity contribution in [2.45, 2.75) is 174 Å². The van der Waals surface area contributed by atoms with Gasteiger partial charge in [0, 0.05) is 6.42 Å². The Kier molecular flexibility index (Phi) is 28.9. The minimum atomic E-state index is -4.32. The third-order valence-corrected chi connectivity index (χ3v) is 9.24. The lowest BCUT2D eigenvalue weighted by Crippen LogP contribution is -2.45. The lowest BCUT2D eigenvalue weighted by atomic mass is 10.0. The molecule has 45 heavy (non-hydrogen) atoms. The summed E-state index contributed by atoms with van der Waals surface area (Å²) in [7, 11) is 1.57. The van der Waals surface area contributed by atoms with Crippen molar-refractivity contribution in [1.29, 1.82) is 0 Å². The summed E-state index contributed by atoms with van der Waals surface area (Å²) in [6, 6.07) is -0.836. The van der Waals surface area contributed by atoms with Crippen LogP contribution in [-0.4, -0.2) is 73.4 Å². The fourth-order valence-electron chi connectivity index (χ4n) is 5.22. The van der Waals surface area contributed by atoms with Crippen molar-refractivity contribution in [3.63, 3.8) is 0 Å². The average Bonchev–Trinajstić information content (AvgIpc) is 2.97. The summed E-state index contributed by atoms with van der Waals surface area (Å²) in [6.45, 7) is 4.77. The molecule has 0 fully saturated rings. The summed E-state index contributed by atoms with van der Waals surface area (Å²) < 4.78 is 23.4. The van der Waals surface area contributed by atoms with Crippen LogP contribution in [0.25, 0.3) is 0 Å². The van der Waals surface area contributed by atoms with Gasteiger partial charge in [-0.15, -0.1) is 0 Å². The van der Waals surface area contributed by atoms with Gasteiger partial charge in [-0.1, -0.05) is 148 Å². The maximum Gasteiger partial charge on any atom is 0.472 e. The van der Waals surface area contributed by atoms with Gasteiger partial charge < -0.3 is 19.8 Å². The molecule has 0 aliphatic heterocycles. The third kappa shape index (κ3) is 31.6. The van der Waals surface area contributed by atoms with Crippen molar-refractivity contribution < 1.29 is 32.9 Å². The number of carbonyl (C=O) groups is 1. The Morgan fingerprint density at radius 3 is 1.64 bits per heavy atom. The molecule has 0 radical (unpaired) electrons. The molecular formula is C36H74N2O6P+. The van der Waals surface area contributed by atoms with Crippen LogP contribution in [0.4, 0.5) is 0 Å². The normalized spacial score (nSPS) is 14.9. The molecular weight excluding hydrogens is 587 g/mol. The Morgan fingerprint density at radius 1 is 0.733 bits per heavy atom. The molecule has 1 amide bonds. The van der Waals surface area contributed by atoms with E-state index in [1.54, 1.807) is 6.08 Å². The van der Waals surface area contributed by atoms with Gasteiger partial charge >= 0.3 is 7.82 Å². The minimum Gasteiger partial charge on any atom is -0.387 e. The fourth-order valence-corrected chi connectivity index (χ4v) is 5.95. The molecule has 3 atom stereocenters. The zero-order valence-electron chi connectivity index (χ0n) is 30.1. The van der Waals surface area contributed by atoms with Crippen LogP contribution in [0.3, 0.4) is 0 Å². The van der Waals surface area contributed by atoms with Crippen LogP contribution in [0, 0.1) is 0 Å². The number of carbonyl (C=O) groups excluding carboxylic acids is 1. The summed E-state index contributed by atoms with van der Waals surface area (Å²) >= 11 is 0. The minimum absolute atomic E-state index is 0.0639. The van der Waals surface area contributed by atoms with Crippen molar-refractivity contribution in [1.82, 2.24) is 5.32 Å². The van der Waals surface area contributed by atoms with Crippen molar-refractivity contribution in [2.24, 2.45) is 0 Å². The molecule has 0 saturated carbocycles. The lowest BCUT2D eigenvalue weighted by molar-refractivity contribution is -0.870. The predicted octanol–water partition coefficient (Wildman–Crippen LogP) is 9.24. The number of nitrogens with one attached hydrogen (secondary N) is 1. The van der Waals surface area contributed by atoms with Crippen LogP contribution in [0.5, 0.6) is 0 Å². The maximum absolute atomic E-state index is 12.7. The molecule has 0 aromatic heterocycles. The first-order valence-corrected chi connectivity index (χ1v) is 20.1. The number of likely N-dealkylation sites (N-methyl/N-ethyl adjacent to an activating group) is 1. The molecule has 268 valence electrons. The van der Waals surface area contributed by atoms with E-state index in [2.05, 4.69) is 19.2 Å². The first-order chi connectivity index (χ1) is 21.5. The number of hydrogen-bond acceptors (Lipinski definition) is 5. The van der Waals surface area contributed by atoms with Gasteiger partial charge in [0.15, 0.2) is 0 Å². The Morgan fingerprint density at radius 2 is 1.18 bits per heavy atom. The van der Waals surface area contributed by atoms with Gasteiger partial charge in [-0.3, -0.25) is 13.8 Å². The Hall–Kier alpha value is -0.760. The number of unbranched alkanes of at least 4 members (excludes halogenated alkanes) is 20. The molecule has 0 aromatic carbocycles. The van der Waals surface area contributed by atoms with Gasteiger partial charge in [0.2, 0.25) is 5.91 Å². The monoisotopic (exact) mass is 662 g/mol. The number of phosphoric ester groups is 1. The number of amides is 1. The Labute approximate surface area is 278 Å². The second-order valence-electron chi connectivity index (χ2n) is 14.0. The average molecular weight is 662 g/mol. The Bertz CT molecular complexity index is 758. The third-order valence-electron chi connectivity index (χ3n) is 8.26. The Balaban J connectivity index is 4.56. The van der Waals surface area contributed by atoms with Gasteiger partial charge in [-0.2, -0.15) is 0 Å². The first kappa shape index (κ1) is 44.2. The van der Waals surface area contributed by atoms with Crippen LogP contribution in [0.1, 0.15) is 162 Å². The van der Waals surface area contributed by atoms with Crippen LogP contribution >= 0.6 is 7.82 Å². The summed E-state index contributed by atoms with van der Waals surface area (Å²) in [5, 5.41) is 13.7. The second kappa shape index (κ2) is 29.4. The van der Waals surface area contributed by atoms with E-state index in [1.807, 2.05) is 27.2 Å². The van der Waals surface area contributed by atoms with E-state index >= 15 is 0 Å². The summed E-state index contributed by atoms with van der Waals surface area (Å²) in [5.74, 6) is -0.181. The van der Waals surface area contributed by atoms with E-state index < -0.39 is 20.0 Å². The number of hydrogen-bond donors (Lipinski definition) is 3. The molecule has 1 unspecified atom stereocenters. The summed E-state index contributed by atoms with van der Waals surface area (Å²) in [6.07, 6.45) is 29.8. The fraction of sp³-hybridized carbons (Fsp3) is 0.917. The molecule has 0 saturated heterocycles. The van der Waals surface area contributed by atoms with E-state index in [-0.39, 0.29) is 19.1 Å². The van der Waals surface area contributed by atoms with Crippen LogP contribution in [0.2, 0.25) is 0 Å². The lowest BCUT2D eigenvalue weighted by Gasteiger charge is -2.25. The van der Waals surface area contributed by atoms with Crippen molar-refractivity contribution in [2.75, 3.05) is 40.9 Å². The molecule has 8 nitrogen and oxygen atoms in total. The quantitative estimate of drug-likeness (QED) is 0.0280. The SMILES string of the molecule is CCCCCCCCCCCCC/C=C/[C@@H](O)[C@H](COP(=O)(O)OCC[N+](C)(C)C)NC(=O)CCCCCCCCCCCC. The second-order valence-corrected chi connectivity index (χ2v) is 15.4. The van der Waals surface area contributed by atoms with Gasteiger partial charge in [0.05, 0.1) is 39.9 Å². The molecule has 0 spiro atoms. The number of quaternary nitrogens is 1. The highest BCUT2D eigenvalue weighted by molar-refractivity contribution is 7.47. The van der Waals surface area contributed by atoms with Crippen LogP contribution in [-0.2, 0) is 18.4 Å². The molecule has 0 heterocycles. The van der Waals surface area contributed by atoms with Crippen molar-refractivity contribution >= 4 is 13.7 Å². The maximum atomic E-state index is 12.7.